The third kappa shape index (κ3) is 4.39. The van der Waals surface area contributed by atoms with E-state index in [0.717, 1.165) is 29.5 Å². The Bertz CT molecular complexity index is 879. The molecule has 138 valence electrons. The number of carbonyl (C=O) groups is 1. The molecule has 9 heteroatoms. The van der Waals surface area contributed by atoms with Crippen LogP contribution in [0.2, 0.25) is 0 Å². The fourth-order valence-corrected chi connectivity index (χ4v) is 3.63. The summed E-state index contributed by atoms with van der Waals surface area (Å²) >= 11 is 1.45. The second-order valence-electron chi connectivity index (χ2n) is 5.98. The van der Waals surface area contributed by atoms with Gasteiger partial charge in [-0.05, 0) is 11.6 Å². The van der Waals surface area contributed by atoms with Crippen molar-refractivity contribution in [3.05, 3.63) is 55.0 Å². The Balaban J connectivity index is 1.27. The number of thiazole rings is 1. The van der Waals surface area contributed by atoms with Gasteiger partial charge < -0.3 is 4.90 Å². The van der Waals surface area contributed by atoms with Crippen LogP contribution >= 0.6 is 11.3 Å². The number of nitrogens with zero attached hydrogens (tertiary/aromatic N) is 5. The molecule has 0 bridgehead atoms. The van der Waals surface area contributed by atoms with E-state index in [-0.39, 0.29) is 6.03 Å². The minimum atomic E-state index is -0.284. The van der Waals surface area contributed by atoms with Gasteiger partial charge in [-0.25, -0.2) is 24.8 Å². The maximum Gasteiger partial charge on any atom is 0.335 e. The lowest BCUT2D eigenvalue weighted by molar-refractivity contribution is 0.177. The van der Waals surface area contributed by atoms with Gasteiger partial charge in [0.15, 0.2) is 5.13 Å². The first-order valence-electron chi connectivity index (χ1n) is 8.64. The summed E-state index contributed by atoms with van der Waals surface area (Å²) < 4.78 is 0. The van der Waals surface area contributed by atoms with E-state index >= 15 is 0 Å². The highest BCUT2D eigenvalue weighted by atomic mass is 32.1. The molecule has 0 radical (unpaired) electrons. The predicted octanol–water partition coefficient (Wildman–Crippen LogP) is 2.46. The molecule has 3 heterocycles. The van der Waals surface area contributed by atoms with Crippen LogP contribution in [0, 0.1) is 0 Å². The van der Waals surface area contributed by atoms with E-state index in [0.29, 0.717) is 18.2 Å². The van der Waals surface area contributed by atoms with Crippen LogP contribution in [0.3, 0.4) is 0 Å². The van der Waals surface area contributed by atoms with Crippen molar-refractivity contribution in [2.24, 2.45) is 0 Å². The minimum absolute atomic E-state index is 0.284. The molecule has 0 spiro atoms. The molecular formula is C18H19N7OS. The standard InChI is InChI=1S/C18H19N7OS/c26-17(22-18-21-13-15(27-18)14-5-2-1-3-6-14)23-25-11-9-24(10-12-25)16-19-7-4-8-20-16/h1-8,13H,9-12H2,(H2,21,22,23,26). The smallest absolute Gasteiger partial charge is 0.335 e. The summed E-state index contributed by atoms with van der Waals surface area (Å²) in [4.78, 5) is 28.2. The van der Waals surface area contributed by atoms with Crippen LogP contribution in [0.4, 0.5) is 15.9 Å². The monoisotopic (exact) mass is 381 g/mol. The zero-order valence-corrected chi connectivity index (χ0v) is 15.4. The maximum absolute atomic E-state index is 12.2. The number of rotatable bonds is 4. The summed E-state index contributed by atoms with van der Waals surface area (Å²) in [7, 11) is 0. The Hall–Kier alpha value is -3.04. The molecular weight excluding hydrogens is 362 g/mol. The number of piperazine rings is 1. The van der Waals surface area contributed by atoms with Gasteiger partial charge in [-0.3, -0.25) is 10.7 Å². The number of nitrogens with one attached hydrogen (secondary N) is 2. The summed E-state index contributed by atoms with van der Waals surface area (Å²) in [5, 5.41) is 5.26. The summed E-state index contributed by atoms with van der Waals surface area (Å²) in [6.45, 7) is 2.89. The Morgan fingerprint density at radius 3 is 2.44 bits per heavy atom. The van der Waals surface area contributed by atoms with Crippen LogP contribution < -0.4 is 15.6 Å². The van der Waals surface area contributed by atoms with Gasteiger partial charge in [0.05, 0.1) is 4.88 Å². The molecule has 2 amide bonds. The maximum atomic E-state index is 12.2. The molecule has 3 aromatic rings. The fourth-order valence-electron chi connectivity index (χ4n) is 2.81. The quantitative estimate of drug-likeness (QED) is 0.722. The Kier molecular flexibility index (Phi) is 5.22. The highest BCUT2D eigenvalue weighted by Crippen LogP contribution is 2.28. The molecule has 0 unspecified atom stereocenters. The van der Waals surface area contributed by atoms with Gasteiger partial charge in [-0.2, -0.15) is 0 Å². The van der Waals surface area contributed by atoms with Crippen molar-refractivity contribution in [2.45, 2.75) is 0 Å². The van der Waals surface area contributed by atoms with Gasteiger partial charge in [0.1, 0.15) is 0 Å². The third-order valence-electron chi connectivity index (χ3n) is 4.16. The van der Waals surface area contributed by atoms with E-state index in [1.807, 2.05) is 35.3 Å². The molecule has 1 aliphatic rings. The predicted molar refractivity (Wildman–Crippen MR) is 106 cm³/mol. The van der Waals surface area contributed by atoms with E-state index in [2.05, 4.69) is 30.6 Å². The van der Waals surface area contributed by atoms with E-state index < -0.39 is 0 Å². The number of carbonyl (C=O) groups excluding carboxylic acids is 1. The van der Waals surface area contributed by atoms with Crippen LogP contribution in [-0.4, -0.2) is 52.2 Å². The van der Waals surface area contributed by atoms with Crippen molar-refractivity contribution >= 4 is 28.4 Å². The van der Waals surface area contributed by atoms with Gasteiger partial charge >= 0.3 is 6.03 Å². The number of hydrogen-bond donors (Lipinski definition) is 2. The molecule has 27 heavy (non-hydrogen) atoms. The van der Waals surface area contributed by atoms with Crippen LogP contribution in [0.1, 0.15) is 0 Å². The molecule has 2 N–H and O–H groups in total. The molecule has 4 rings (SSSR count). The van der Waals surface area contributed by atoms with Crippen molar-refractivity contribution in [2.75, 3.05) is 36.4 Å². The van der Waals surface area contributed by atoms with Crippen LogP contribution in [0.25, 0.3) is 10.4 Å². The topological polar surface area (TPSA) is 86.3 Å². The second-order valence-corrected chi connectivity index (χ2v) is 7.02. The average molecular weight is 381 g/mol. The normalized spacial score (nSPS) is 14.7. The first kappa shape index (κ1) is 17.4. The van der Waals surface area contributed by atoms with E-state index in [1.165, 1.54) is 11.3 Å². The zero-order chi connectivity index (χ0) is 18.5. The molecule has 8 nitrogen and oxygen atoms in total. The van der Waals surface area contributed by atoms with Crippen LogP contribution in [0.5, 0.6) is 0 Å². The van der Waals surface area contributed by atoms with E-state index in [4.69, 9.17) is 0 Å². The molecule has 0 aliphatic carbocycles. The van der Waals surface area contributed by atoms with Crippen molar-refractivity contribution in [1.29, 1.82) is 0 Å². The summed E-state index contributed by atoms with van der Waals surface area (Å²) in [6.07, 6.45) is 5.24. The first-order valence-corrected chi connectivity index (χ1v) is 9.45. The Labute approximate surface area is 160 Å². The zero-order valence-electron chi connectivity index (χ0n) is 14.6. The first-order chi connectivity index (χ1) is 13.3. The Morgan fingerprint density at radius 1 is 0.963 bits per heavy atom. The third-order valence-corrected chi connectivity index (χ3v) is 5.12. The molecule has 0 atom stereocenters. The summed E-state index contributed by atoms with van der Waals surface area (Å²) in [5.41, 5.74) is 3.96. The number of hydrogen-bond acceptors (Lipinski definition) is 7. The lowest BCUT2D eigenvalue weighted by Gasteiger charge is -2.34. The molecule has 1 fully saturated rings. The van der Waals surface area contributed by atoms with Crippen molar-refractivity contribution in [1.82, 2.24) is 25.4 Å². The summed E-state index contributed by atoms with van der Waals surface area (Å²) in [5.74, 6) is 0.720. The Morgan fingerprint density at radius 2 is 1.70 bits per heavy atom. The van der Waals surface area contributed by atoms with Gasteiger partial charge in [0.2, 0.25) is 5.95 Å². The number of hydrazine groups is 1. The average Bonchev–Trinajstić information content (AvgIpc) is 3.18. The number of aromatic nitrogens is 3. The molecule has 0 saturated carbocycles. The van der Waals surface area contributed by atoms with Crippen molar-refractivity contribution < 1.29 is 4.79 Å². The fraction of sp³-hybridized carbons (Fsp3) is 0.222. The van der Waals surface area contributed by atoms with E-state index in [1.54, 1.807) is 24.7 Å². The number of benzene rings is 1. The van der Waals surface area contributed by atoms with Crippen LogP contribution in [-0.2, 0) is 0 Å². The lowest BCUT2D eigenvalue weighted by Crippen LogP contribution is -2.54. The van der Waals surface area contributed by atoms with Gasteiger partial charge in [-0.1, -0.05) is 41.7 Å². The molecule has 2 aromatic heterocycles. The number of amides is 2. The number of urea groups is 1. The van der Waals surface area contributed by atoms with Gasteiger partial charge in [0.25, 0.3) is 0 Å². The van der Waals surface area contributed by atoms with Crippen molar-refractivity contribution in [3.8, 4) is 10.4 Å². The number of anilines is 2. The van der Waals surface area contributed by atoms with Gasteiger partial charge in [0, 0.05) is 44.8 Å². The highest BCUT2D eigenvalue weighted by Gasteiger charge is 2.20. The van der Waals surface area contributed by atoms with Gasteiger partial charge in [-0.15, -0.1) is 0 Å². The van der Waals surface area contributed by atoms with Crippen LogP contribution in [0.15, 0.2) is 55.0 Å². The molecule has 1 aromatic carbocycles. The SMILES string of the molecule is O=C(Nc1ncc(-c2ccccc2)s1)NN1CCN(c2ncccn2)CC1. The second kappa shape index (κ2) is 8.11. The highest BCUT2D eigenvalue weighted by molar-refractivity contribution is 7.19. The molecule has 1 saturated heterocycles. The lowest BCUT2D eigenvalue weighted by atomic mass is 10.2. The summed E-state index contributed by atoms with van der Waals surface area (Å²) in [6, 6.07) is 11.5. The minimum Gasteiger partial charge on any atom is -0.338 e. The van der Waals surface area contributed by atoms with E-state index in [9.17, 15) is 4.79 Å². The molecule has 1 aliphatic heterocycles. The van der Waals surface area contributed by atoms with Crippen molar-refractivity contribution in [3.63, 3.8) is 0 Å². The largest absolute Gasteiger partial charge is 0.338 e.